The first-order valence-corrected chi connectivity index (χ1v) is 10.2. The van der Waals surface area contributed by atoms with Crippen molar-refractivity contribution in [2.75, 3.05) is 32.8 Å². The van der Waals surface area contributed by atoms with Crippen LogP contribution >= 0.6 is 0 Å². The number of hydrogen-bond donors (Lipinski definition) is 0. The number of rotatable bonds is 8. The largest absolute Gasteiger partial charge is 0.493 e. The van der Waals surface area contributed by atoms with Crippen LogP contribution in [0.5, 0.6) is 17.2 Å². The molecule has 0 spiro atoms. The van der Waals surface area contributed by atoms with Crippen molar-refractivity contribution in [3.63, 3.8) is 0 Å². The summed E-state index contributed by atoms with van der Waals surface area (Å²) >= 11 is 0. The van der Waals surface area contributed by atoms with Crippen molar-refractivity contribution in [2.45, 2.75) is 19.4 Å². The van der Waals surface area contributed by atoms with Crippen molar-refractivity contribution in [3.05, 3.63) is 47.9 Å². The number of hydrogen-bond acceptors (Lipinski definition) is 9. The number of anilines is 1. The molecule has 1 aliphatic heterocycles. The normalized spacial score (nSPS) is 13.2. The van der Waals surface area contributed by atoms with Gasteiger partial charge in [0, 0.05) is 24.2 Å². The van der Waals surface area contributed by atoms with Crippen LogP contribution in [0.2, 0.25) is 0 Å². The van der Waals surface area contributed by atoms with E-state index >= 15 is 0 Å². The second-order valence-electron chi connectivity index (χ2n) is 7.19. The zero-order valence-corrected chi connectivity index (χ0v) is 18.5. The highest BCUT2D eigenvalue weighted by molar-refractivity contribution is 5.96. The van der Waals surface area contributed by atoms with Gasteiger partial charge in [-0.15, -0.1) is 10.2 Å². The molecule has 2 aromatic carbocycles. The van der Waals surface area contributed by atoms with Gasteiger partial charge >= 0.3 is 5.97 Å². The van der Waals surface area contributed by atoms with Crippen LogP contribution in [-0.2, 0) is 16.1 Å². The Bertz CT molecular complexity index is 1130. The third-order valence-corrected chi connectivity index (χ3v) is 5.19. The van der Waals surface area contributed by atoms with Gasteiger partial charge in [0.05, 0.1) is 26.9 Å². The molecule has 1 saturated heterocycles. The number of amides is 1. The number of benzene rings is 2. The van der Waals surface area contributed by atoms with Crippen LogP contribution in [0.3, 0.4) is 0 Å². The van der Waals surface area contributed by atoms with Gasteiger partial charge < -0.3 is 28.3 Å². The summed E-state index contributed by atoms with van der Waals surface area (Å²) in [6.45, 7) is 0.497. The Balaban J connectivity index is 1.42. The van der Waals surface area contributed by atoms with Crippen molar-refractivity contribution in [1.29, 1.82) is 0 Å². The van der Waals surface area contributed by atoms with Gasteiger partial charge in [-0.3, -0.25) is 4.79 Å². The van der Waals surface area contributed by atoms with Gasteiger partial charge in [0.25, 0.3) is 5.89 Å². The van der Waals surface area contributed by atoms with Crippen LogP contribution in [0.1, 0.15) is 29.1 Å². The fourth-order valence-corrected chi connectivity index (χ4v) is 3.54. The highest BCUT2D eigenvalue weighted by atomic mass is 16.5. The minimum absolute atomic E-state index is 0.0876. The number of esters is 1. The summed E-state index contributed by atoms with van der Waals surface area (Å²) in [4.78, 5) is 25.9. The van der Waals surface area contributed by atoms with Crippen molar-refractivity contribution in [2.24, 2.45) is 0 Å². The van der Waals surface area contributed by atoms with E-state index in [1.807, 2.05) is 0 Å². The van der Waals surface area contributed by atoms with Crippen LogP contribution in [0.15, 0.2) is 40.8 Å². The van der Waals surface area contributed by atoms with Crippen molar-refractivity contribution in [3.8, 4) is 28.7 Å². The molecule has 0 saturated carbocycles. The number of carbonyl (C=O) groups excluding carboxylic acids is 2. The van der Waals surface area contributed by atoms with Crippen LogP contribution in [0.4, 0.5) is 5.69 Å². The van der Waals surface area contributed by atoms with E-state index in [9.17, 15) is 9.59 Å². The third kappa shape index (κ3) is 4.59. The van der Waals surface area contributed by atoms with Gasteiger partial charge in [-0.1, -0.05) is 0 Å². The molecule has 0 bridgehead atoms. The molecule has 2 heterocycles. The molecule has 0 aliphatic carbocycles. The Kier molecular flexibility index (Phi) is 6.43. The zero-order chi connectivity index (χ0) is 23.4. The molecule has 4 rings (SSSR count). The van der Waals surface area contributed by atoms with Crippen molar-refractivity contribution in [1.82, 2.24) is 10.2 Å². The molecule has 10 heteroatoms. The summed E-state index contributed by atoms with van der Waals surface area (Å²) in [5, 5.41) is 7.94. The van der Waals surface area contributed by atoms with Crippen LogP contribution in [0.25, 0.3) is 11.5 Å². The van der Waals surface area contributed by atoms with Gasteiger partial charge in [0.2, 0.25) is 17.5 Å². The highest BCUT2D eigenvalue weighted by Crippen LogP contribution is 2.40. The Hall–Kier alpha value is -4.08. The molecule has 10 nitrogen and oxygen atoms in total. The number of nitrogens with zero attached hydrogens (tertiary/aromatic N) is 3. The maximum Gasteiger partial charge on any atom is 0.338 e. The average molecular weight is 453 g/mol. The van der Waals surface area contributed by atoms with E-state index in [4.69, 9.17) is 23.4 Å². The zero-order valence-electron chi connectivity index (χ0n) is 18.5. The van der Waals surface area contributed by atoms with E-state index in [2.05, 4.69) is 10.2 Å². The van der Waals surface area contributed by atoms with Crippen LogP contribution < -0.4 is 19.1 Å². The molecule has 0 radical (unpaired) electrons. The molecule has 3 aromatic rings. The fourth-order valence-electron chi connectivity index (χ4n) is 3.54. The lowest BCUT2D eigenvalue weighted by Gasteiger charge is -2.15. The SMILES string of the molecule is COc1cc(-c2nnc(COC(=O)c3ccc(N4CCCC4=O)cc3)o2)cc(OC)c1OC. The first-order chi connectivity index (χ1) is 16.0. The molecule has 33 heavy (non-hydrogen) atoms. The first kappa shape index (κ1) is 22.1. The van der Waals surface area contributed by atoms with E-state index in [0.29, 0.717) is 41.3 Å². The third-order valence-electron chi connectivity index (χ3n) is 5.19. The molecule has 0 N–H and O–H groups in total. The molecule has 172 valence electrons. The molecule has 1 aromatic heterocycles. The maximum atomic E-state index is 12.4. The fraction of sp³-hybridized carbons (Fsp3) is 0.304. The first-order valence-electron chi connectivity index (χ1n) is 10.2. The molecule has 1 aliphatic rings. The summed E-state index contributed by atoms with van der Waals surface area (Å²) in [6, 6.07) is 10.1. The average Bonchev–Trinajstić information content (AvgIpc) is 3.50. The van der Waals surface area contributed by atoms with Crippen LogP contribution in [-0.4, -0.2) is 49.9 Å². The molecule has 1 amide bonds. The monoisotopic (exact) mass is 453 g/mol. The van der Waals surface area contributed by atoms with Crippen molar-refractivity contribution >= 4 is 17.6 Å². The highest BCUT2D eigenvalue weighted by Gasteiger charge is 2.22. The van der Waals surface area contributed by atoms with Gasteiger partial charge in [0.15, 0.2) is 18.1 Å². The quantitative estimate of drug-likeness (QED) is 0.474. The Morgan fingerprint density at radius 3 is 2.30 bits per heavy atom. The smallest absolute Gasteiger partial charge is 0.338 e. The molecular formula is C23H23N3O7. The molecule has 0 atom stereocenters. The minimum Gasteiger partial charge on any atom is -0.493 e. The Labute approximate surface area is 190 Å². The lowest BCUT2D eigenvalue weighted by molar-refractivity contribution is -0.117. The summed E-state index contributed by atoms with van der Waals surface area (Å²) in [6.07, 6.45) is 1.39. The summed E-state index contributed by atoms with van der Waals surface area (Å²) in [5.41, 5.74) is 1.68. The van der Waals surface area contributed by atoms with E-state index < -0.39 is 5.97 Å². The minimum atomic E-state index is -0.540. The topological polar surface area (TPSA) is 113 Å². The molecule has 0 unspecified atom stereocenters. The number of methoxy groups -OCH3 is 3. The Morgan fingerprint density at radius 1 is 1.03 bits per heavy atom. The number of carbonyl (C=O) groups is 2. The predicted molar refractivity (Wildman–Crippen MR) is 117 cm³/mol. The lowest BCUT2D eigenvalue weighted by atomic mass is 10.2. The van der Waals surface area contributed by atoms with Gasteiger partial charge in [-0.2, -0.15) is 0 Å². The number of ether oxygens (including phenoxy) is 4. The molecular weight excluding hydrogens is 430 g/mol. The van der Waals surface area contributed by atoms with Gasteiger partial charge in [0.1, 0.15) is 0 Å². The van der Waals surface area contributed by atoms with E-state index in [-0.39, 0.29) is 24.3 Å². The van der Waals surface area contributed by atoms with Crippen LogP contribution in [0, 0.1) is 0 Å². The Morgan fingerprint density at radius 2 is 1.73 bits per heavy atom. The number of aromatic nitrogens is 2. The van der Waals surface area contributed by atoms with E-state index in [1.165, 1.54) is 21.3 Å². The maximum absolute atomic E-state index is 12.4. The second-order valence-corrected chi connectivity index (χ2v) is 7.19. The second kappa shape index (κ2) is 9.60. The lowest BCUT2D eigenvalue weighted by Crippen LogP contribution is -2.23. The van der Waals surface area contributed by atoms with Gasteiger partial charge in [-0.05, 0) is 42.8 Å². The van der Waals surface area contributed by atoms with Crippen molar-refractivity contribution < 1.29 is 33.0 Å². The van der Waals surface area contributed by atoms with E-state index in [1.54, 1.807) is 41.3 Å². The summed E-state index contributed by atoms with van der Waals surface area (Å²) in [7, 11) is 4.53. The summed E-state index contributed by atoms with van der Waals surface area (Å²) in [5.74, 6) is 1.21. The predicted octanol–water partition coefficient (Wildman–Crippen LogP) is 3.25. The summed E-state index contributed by atoms with van der Waals surface area (Å²) < 4.78 is 26.9. The molecule has 1 fully saturated rings. The van der Waals surface area contributed by atoms with Gasteiger partial charge in [-0.25, -0.2) is 4.79 Å². The van der Waals surface area contributed by atoms with E-state index in [0.717, 1.165) is 12.1 Å². The standard InChI is InChI=1S/C23H23N3O7/c1-29-17-11-15(12-18(30-2)21(17)31-3)22-25-24-19(33-22)13-32-23(28)14-6-8-16(9-7-14)26-10-4-5-20(26)27/h6-9,11-12H,4-5,10,13H2,1-3H3.